The molecule has 2 heteroatoms. The molecule has 36 valence electrons. The van der Waals surface area contributed by atoms with E-state index >= 15 is 0 Å². The summed E-state index contributed by atoms with van der Waals surface area (Å²) in [5.41, 5.74) is 0. The van der Waals surface area contributed by atoms with Gasteiger partial charge >= 0.3 is 23.1 Å². The zero-order chi connectivity index (χ0) is 4.28. The Morgan fingerprint density at radius 1 is 1.67 bits per heavy atom. The first-order valence-corrected chi connectivity index (χ1v) is 3.16. The fraction of sp³-hybridized carbons (Fsp3) is 1.00. The lowest BCUT2D eigenvalue weighted by atomic mass is 10.4. The maximum atomic E-state index is 2.41. The van der Waals surface area contributed by atoms with E-state index in [0.717, 1.165) is 3.92 Å². The van der Waals surface area contributed by atoms with Crippen LogP contribution in [0.3, 0.4) is 0 Å². The molecule has 0 fully saturated rings. The second-order valence-corrected chi connectivity index (χ2v) is 3.32. The SMILES string of the molecule is CCC(C)I.[MgH2]. The van der Waals surface area contributed by atoms with Gasteiger partial charge in [0.2, 0.25) is 0 Å². The third-order valence-corrected chi connectivity index (χ3v) is 1.44. The van der Waals surface area contributed by atoms with Crippen molar-refractivity contribution in [1.29, 1.82) is 0 Å². The molecule has 0 amide bonds. The van der Waals surface area contributed by atoms with Crippen molar-refractivity contribution in [3.05, 3.63) is 0 Å². The molecule has 6 heavy (non-hydrogen) atoms. The predicted molar refractivity (Wildman–Crippen MR) is 42.3 cm³/mol. The van der Waals surface area contributed by atoms with Crippen LogP contribution in [0.2, 0.25) is 0 Å². The lowest BCUT2D eigenvalue weighted by Gasteiger charge is -1.88. The third kappa shape index (κ3) is 9.09. The van der Waals surface area contributed by atoms with Crippen molar-refractivity contribution < 1.29 is 0 Å². The Morgan fingerprint density at radius 2 is 1.83 bits per heavy atom. The van der Waals surface area contributed by atoms with Crippen LogP contribution >= 0.6 is 22.6 Å². The molecular weight excluding hydrogens is 199 g/mol. The van der Waals surface area contributed by atoms with Gasteiger partial charge < -0.3 is 0 Å². The van der Waals surface area contributed by atoms with Gasteiger partial charge in [-0.3, -0.25) is 0 Å². The zero-order valence-corrected chi connectivity index (χ0v) is 5.82. The summed E-state index contributed by atoms with van der Waals surface area (Å²) < 4.78 is 0.854. The normalized spacial score (nSPS) is 12.5. The number of rotatable bonds is 1. The summed E-state index contributed by atoms with van der Waals surface area (Å²) in [5, 5.41) is 0. The minimum atomic E-state index is 0. The van der Waals surface area contributed by atoms with Crippen molar-refractivity contribution in [1.82, 2.24) is 0 Å². The summed E-state index contributed by atoms with van der Waals surface area (Å²) >= 11 is 2.41. The third-order valence-electron chi connectivity index (χ3n) is 0.563. The average Bonchev–Trinajstić information content (AvgIpc) is 1.38. The van der Waals surface area contributed by atoms with Crippen molar-refractivity contribution in [2.75, 3.05) is 0 Å². The zero-order valence-electron chi connectivity index (χ0n) is 3.66. The summed E-state index contributed by atoms with van der Waals surface area (Å²) in [6.45, 7) is 4.40. The predicted octanol–water partition coefficient (Wildman–Crippen LogP) is 1.30. The number of hydrogen-bond acceptors (Lipinski definition) is 0. The molecule has 0 aromatic carbocycles. The molecule has 0 aromatic heterocycles. The van der Waals surface area contributed by atoms with Gasteiger partial charge in [0.1, 0.15) is 0 Å². The smallest absolute Gasteiger partial charge is 0.0829 e. The molecule has 0 aromatic rings. The lowest BCUT2D eigenvalue weighted by Crippen LogP contribution is -1.79. The van der Waals surface area contributed by atoms with Gasteiger partial charge in [-0.15, -0.1) is 0 Å². The number of hydrogen-bond donors (Lipinski definition) is 0. The molecule has 1 atom stereocenters. The monoisotopic (exact) mass is 210 g/mol. The highest BCUT2D eigenvalue weighted by Gasteiger charge is 1.82. The Hall–Kier alpha value is 1.50. The van der Waals surface area contributed by atoms with Crippen LogP contribution < -0.4 is 0 Å². The Kier molecular flexibility index (Phi) is 11.3. The van der Waals surface area contributed by atoms with Crippen LogP contribution in [0.15, 0.2) is 0 Å². The van der Waals surface area contributed by atoms with E-state index in [9.17, 15) is 0 Å². The van der Waals surface area contributed by atoms with Gasteiger partial charge in [-0.05, 0) is 6.42 Å². The highest BCUT2D eigenvalue weighted by molar-refractivity contribution is 14.1. The van der Waals surface area contributed by atoms with Crippen LogP contribution in [-0.4, -0.2) is 27.0 Å². The molecule has 0 aliphatic carbocycles. The van der Waals surface area contributed by atoms with Crippen molar-refractivity contribution in [2.45, 2.75) is 24.2 Å². The van der Waals surface area contributed by atoms with Crippen LogP contribution in [0.4, 0.5) is 0 Å². The maximum Gasteiger partial charge on any atom is 0.316 e. The molecule has 0 aliphatic rings. The molecule has 1 unspecified atom stereocenters. The van der Waals surface area contributed by atoms with Crippen LogP contribution in [0.5, 0.6) is 0 Å². The first kappa shape index (κ1) is 10.5. The van der Waals surface area contributed by atoms with Crippen molar-refractivity contribution in [3.8, 4) is 0 Å². The van der Waals surface area contributed by atoms with E-state index < -0.39 is 0 Å². The van der Waals surface area contributed by atoms with Crippen LogP contribution in [0.1, 0.15) is 20.3 Å². The van der Waals surface area contributed by atoms with Crippen LogP contribution in [0, 0.1) is 0 Å². The van der Waals surface area contributed by atoms with E-state index in [2.05, 4.69) is 36.4 Å². The molecule has 0 nitrogen and oxygen atoms in total. The number of halogens is 1. The molecule has 0 bridgehead atoms. The molecule has 0 saturated heterocycles. The minimum Gasteiger partial charge on any atom is -0.0829 e. The summed E-state index contributed by atoms with van der Waals surface area (Å²) in [7, 11) is 0. The van der Waals surface area contributed by atoms with Gasteiger partial charge in [-0.1, -0.05) is 36.4 Å². The molecule has 0 rings (SSSR count). The van der Waals surface area contributed by atoms with Crippen molar-refractivity contribution in [3.63, 3.8) is 0 Å². The summed E-state index contributed by atoms with van der Waals surface area (Å²) in [4.78, 5) is 0. The average molecular weight is 210 g/mol. The largest absolute Gasteiger partial charge is 0.316 e. The second-order valence-electron chi connectivity index (χ2n) is 1.19. The van der Waals surface area contributed by atoms with E-state index in [1.807, 2.05) is 0 Å². The standard InChI is InChI=1S/C4H9I.Mg.2H/c1-3-4(2)5;;;/h4H,3H2,1-2H3;;;. The molecule has 0 N–H and O–H groups in total. The summed E-state index contributed by atoms with van der Waals surface area (Å²) in [6.07, 6.45) is 1.29. The number of alkyl halides is 1. The van der Waals surface area contributed by atoms with E-state index in [4.69, 9.17) is 0 Å². The first-order valence-electron chi connectivity index (χ1n) is 1.91. The van der Waals surface area contributed by atoms with Gasteiger partial charge in [0.05, 0.1) is 0 Å². The fourth-order valence-corrected chi connectivity index (χ4v) is 0. The van der Waals surface area contributed by atoms with E-state index in [0.29, 0.717) is 0 Å². The summed E-state index contributed by atoms with van der Waals surface area (Å²) in [5.74, 6) is 0. The molecule has 0 spiro atoms. The van der Waals surface area contributed by atoms with Gasteiger partial charge in [0, 0.05) is 3.92 Å². The topological polar surface area (TPSA) is 0 Å². The highest BCUT2D eigenvalue weighted by Crippen LogP contribution is 2.00. The Bertz CT molecular complexity index is 21.5. The lowest BCUT2D eigenvalue weighted by molar-refractivity contribution is 0.938. The Balaban J connectivity index is 0. The van der Waals surface area contributed by atoms with Gasteiger partial charge in [-0.2, -0.15) is 0 Å². The molecular formula is C4H11IMg. The fourth-order valence-electron chi connectivity index (χ4n) is 0. The Morgan fingerprint density at radius 3 is 1.83 bits per heavy atom. The quantitative estimate of drug-likeness (QED) is 0.348. The molecule has 0 radical (unpaired) electrons. The summed E-state index contributed by atoms with van der Waals surface area (Å²) in [6, 6.07) is 0. The van der Waals surface area contributed by atoms with Gasteiger partial charge in [-0.25, -0.2) is 0 Å². The van der Waals surface area contributed by atoms with E-state index in [1.165, 1.54) is 6.42 Å². The molecule has 0 saturated carbocycles. The second kappa shape index (κ2) is 6.50. The van der Waals surface area contributed by atoms with E-state index in [-0.39, 0.29) is 23.1 Å². The molecule has 0 aliphatic heterocycles. The van der Waals surface area contributed by atoms with Crippen molar-refractivity contribution >= 4 is 45.6 Å². The molecule has 0 heterocycles. The van der Waals surface area contributed by atoms with Crippen LogP contribution in [0.25, 0.3) is 0 Å². The van der Waals surface area contributed by atoms with E-state index in [1.54, 1.807) is 0 Å². The van der Waals surface area contributed by atoms with Gasteiger partial charge in [0.15, 0.2) is 0 Å². The minimum absolute atomic E-state index is 0. The maximum absolute atomic E-state index is 2.41. The first-order chi connectivity index (χ1) is 2.27. The Labute approximate surface area is 69.4 Å². The van der Waals surface area contributed by atoms with Crippen LogP contribution in [-0.2, 0) is 0 Å². The van der Waals surface area contributed by atoms with Gasteiger partial charge in [0.25, 0.3) is 0 Å². The van der Waals surface area contributed by atoms with Crippen molar-refractivity contribution in [2.24, 2.45) is 0 Å². The highest BCUT2D eigenvalue weighted by atomic mass is 127.